The summed E-state index contributed by atoms with van der Waals surface area (Å²) in [7, 11) is -3.65. The third-order valence-electron chi connectivity index (χ3n) is 4.24. The van der Waals surface area contributed by atoms with Crippen molar-refractivity contribution in [3.63, 3.8) is 0 Å². The monoisotopic (exact) mass is 457 g/mol. The molecule has 1 unspecified atom stereocenters. The molecule has 2 rings (SSSR count). The van der Waals surface area contributed by atoms with Crippen LogP contribution in [0, 0.1) is 11.6 Å². The van der Waals surface area contributed by atoms with E-state index < -0.39 is 51.9 Å². The Kier molecular flexibility index (Phi) is 7.07. The molecule has 1 heterocycles. The summed E-state index contributed by atoms with van der Waals surface area (Å²) in [6, 6.07) is 1.59. The van der Waals surface area contributed by atoms with Crippen LogP contribution in [0.1, 0.15) is 43.2 Å². The first-order valence-corrected chi connectivity index (χ1v) is 10.6. The molecule has 0 saturated heterocycles. The second-order valence-electron chi connectivity index (χ2n) is 6.76. The van der Waals surface area contributed by atoms with E-state index >= 15 is 0 Å². The number of halogens is 5. The highest BCUT2D eigenvalue weighted by atomic mass is 32.2. The molecule has 0 radical (unpaired) electrons. The van der Waals surface area contributed by atoms with Crippen molar-refractivity contribution in [3.8, 4) is 0 Å². The van der Waals surface area contributed by atoms with Crippen LogP contribution in [0.5, 0.6) is 0 Å². The van der Waals surface area contributed by atoms with Crippen LogP contribution in [0.25, 0.3) is 0 Å². The van der Waals surface area contributed by atoms with Crippen molar-refractivity contribution in [3.05, 3.63) is 51.3 Å². The smallest absolute Gasteiger partial charge is 0.392 e. The lowest BCUT2D eigenvalue weighted by molar-refractivity contribution is -0.143. The summed E-state index contributed by atoms with van der Waals surface area (Å²) in [5.74, 6) is -4.93. The second kappa shape index (κ2) is 8.84. The van der Waals surface area contributed by atoms with E-state index in [9.17, 15) is 35.2 Å². The number of alkyl halides is 3. The first-order chi connectivity index (χ1) is 13.7. The maximum absolute atomic E-state index is 14.6. The van der Waals surface area contributed by atoms with Crippen LogP contribution in [0.2, 0.25) is 0 Å². The lowest BCUT2D eigenvalue weighted by Crippen LogP contribution is -2.30. The Labute approximate surface area is 169 Å². The summed E-state index contributed by atoms with van der Waals surface area (Å²) >= 11 is 0. The third kappa shape index (κ3) is 5.88. The summed E-state index contributed by atoms with van der Waals surface area (Å²) < 4.78 is 95.8. The molecular weight excluding hydrogens is 437 g/mol. The highest BCUT2D eigenvalue weighted by molar-refractivity contribution is 7.88. The Hall–Kier alpha value is -2.28. The van der Waals surface area contributed by atoms with Gasteiger partial charge < -0.3 is 4.42 Å². The van der Waals surface area contributed by atoms with Crippen molar-refractivity contribution < 1.29 is 34.8 Å². The minimum Gasteiger partial charge on any atom is -0.392 e. The van der Waals surface area contributed by atoms with Gasteiger partial charge in [0.25, 0.3) is 0 Å². The van der Waals surface area contributed by atoms with E-state index in [1.165, 1.54) is 6.92 Å². The van der Waals surface area contributed by atoms with Gasteiger partial charge in [-0.15, -0.1) is 5.10 Å². The second-order valence-corrected chi connectivity index (χ2v) is 8.74. The number of aromatic nitrogens is 2. The molecule has 0 fully saturated rings. The summed E-state index contributed by atoms with van der Waals surface area (Å²) in [6.45, 7) is 1.04. The Morgan fingerprint density at radius 2 is 1.87 bits per heavy atom. The highest BCUT2D eigenvalue weighted by Gasteiger charge is 2.31. The molecule has 0 aliphatic heterocycles. The molecule has 0 saturated carbocycles. The Bertz CT molecular complexity index is 1060. The summed E-state index contributed by atoms with van der Waals surface area (Å²) in [6.07, 6.45) is -3.30. The zero-order valence-corrected chi connectivity index (χ0v) is 17.1. The molecule has 0 spiro atoms. The van der Waals surface area contributed by atoms with Gasteiger partial charge in [-0.3, -0.25) is 0 Å². The lowest BCUT2D eigenvalue weighted by Gasteiger charge is -2.20. The fourth-order valence-electron chi connectivity index (χ4n) is 2.76. The fraction of sp³-hybridized carbons (Fsp3) is 0.529. The largest absolute Gasteiger partial charge is 0.437 e. The number of benzene rings is 1. The molecule has 2 aromatic rings. The van der Waals surface area contributed by atoms with Gasteiger partial charge in [-0.05, 0) is 25.5 Å². The minimum atomic E-state index is -4.72. The number of hydrogen-bond donors (Lipinski definition) is 0. The minimum absolute atomic E-state index is 0.0448. The maximum atomic E-state index is 14.6. The van der Waals surface area contributed by atoms with Gasteiger partial charge in [-0.2, -0.15) is 22.2 Å². The highest BCUT2D eigenvalue weighted by Crippen LogP contribution is 2.28. The van der Waals surface area contributed by atoms with Gasteiger partial charge >= 0.3 is 11.9 Å². The Morgan fingerprint density at radius 1 is 1.23 bits per heavy atom. The van der Waals surface area contributed by atoms with E-state index in [4.69, 9.17) is 0 Å². The molecular formula is C17H20F5N3O4S. The fourth-order valence-corrected chi connectivity index (χ4v) is 3.65. The van der Waals surface area contributed by atoms with Gasteiger partial charge in [-0.25, -0.2) is 22.0 Å². The third-order valence-corrected chi connectivity index (χ3v) is 5.49. The van der Waals surface area contributed by atoms with Crippen LogP contribution >= 0.6 is 0 Å². The molecule has 30 heavy (non-hydrogen) atoms. The molecule has 168 valence electrons. The standard InChI is InChI=1S/C17H20F5N3O4S/c1-4-5-24(30(3,27)28)8-11-6-14(19)12(7-13(11)18)10(2)15-23-25(16(26)29-15)9-17(20,21)22/h6-7,10H,4-5,8-9H2,1-3H3. The molecule has 0 aliphatic carbocycles. The Morgan fingerprint density at radius 3 is 2.40 bits per heavy atom. The average molecular weight is 457 g/mol. The summed E-state index contributed by atoms with van der Waals surface area (Å²) in [5.41, 5.74) is -0.524. The van der Waals surface area contributed by atoms with Gasteiger partial charge in [0.1, 0.15) is 18.2 Å². The van der Waals surface area contributed by atoms with Crippen LogP contribution in [0.3, 0.4) is 0 Å². The van der Waals surface area contributed by atoms with E-state index in [2.05, 4.69) is 9.52 Å². The molecule has 0 amide bonds. The number of sulfonamides is 1. The number of rotatable bonds is 8. The predicted molar refractivity (Wildman–Crippen MR) is 96.2 cm³/mol. The van der Waals surface area contributed by atoms with Crippen LogP contribution in [0.15, 0.2) is 21.3 Å². The molecule has 1 atom stereocenters. The van der Waals surface area contributed by atoms with E-state index in [-0.39, 0.29) is 28.9 Å². The molecule has 7 nitrogen and oxygen atoms in total. The van der Waals surface area contributed by atoms with Crippen molar-refractivity contribution in [1.82, 2.24) is 14.1 Å². The van der Waals surface area contributed by atoms with Gasteiger partial charge in [0.15, 0.2) is 0 Å². The van der Waals surface area contributed by atoms with Crippen LogP contribution < -0.4 is 5.76 Å². The number of nitrogens with zero attached hydrogens (tertiary/aromatic N) is 3. The molecule has 0 aliphatic rings. The zero-order chi connectivity index (χ0) is 22.9. The number of hydrogen-bond acceptors (Lipinski definition) is 5. The summed E-state index contributed by atoms with van der Waals surface area (Å²) in [4.78, 5) is 11.5. The van der Waals surface area contributed by atoms with Gasteiger partial charge in [0, 0.05) is 24.2 Å². The van der Waals surface area contributed by atoms with E-state index in [1.54, 1.807) is 6.92 Å². The summed E-state index contributed by atoms with van der Waals surface area (Å²) in [5, 5.41) is 3.41. The van der Waals surface area contributed by atoms with Crippen molar-refractivity contribution in [1.29, 1.82) is 0 Å². The average Bonchev–Trinajstić information content (AvgIpc) is 2.94. The molecule has 13 heteroatoms. The van der Waals surface area contributed by atoms with E-state index in [0.717, 1.165) is 22.7 Å². The zero-order valence-electron chi connectivity index (χ0n) is 16.3. The SMILES string of the molecule is CCCN(Cc1cc(F)c(C(C)c2nn(CC(F)(F)F)c(=O)o2)cc1F)S(C)(=O)=O. The van der Waals surface area contributed by atoms with Gasteiger partial charge in [-0.1, -0.05) is 6.92 Å². The first kappa shape index (κ1) is 24.0. The molecule has 1 aromatic carbocycles. The first-order valence-electron chi connectivity index (χ1n) is 8.80. The van der Waals surface area contributed by atoms with Crippen LogP contribution in [0.4, 0.5) is 22.0 Å². The predicted octanol–water partition coefficient (Wildman–Crippen LogP) is 3.00. The molecule has 1 aromatic heterocycles. The lowest BCUT2D eigenvalue weighted by atomic mass is 9.98. The quantitative estimate of drug-likeness (QED) is 0.569. The van der Waals surface area contributed by atoms with Crippen molar-refractivity contribution >= 4 is 10.0 Å². The topological polar surface area (TPSA) is 85.4 Å². The molecule has 0 bridgehead atoms. The van der Waals surface area contributed by atoms with Gasteiger partial charge in [0.05, 0.1) is 12.2 Å². The van der Waals surface area contributed by atoms with Gasteiger partial charge in [0.2, 0.25) is 15.9 Å². The normalized spacial score (nSPS) is 13.8. The van der Waals surface area contributed by atoms with Crippen LogP contribution in [-0.2, 0) is 23.1 Å². The van der Waals surface area contributed by atoms with E-state index in [1.807, 2.05) is 0 Å². The molecule has 0 N–H and O–H groups in total. The maximum Gasteiger partial charge on any atom is 0.437 e. The Balaban J connectivity index is 2.35. The van der Waals surface area contributed by atoms with Crippen molar-refractivity contribution in [2.45, 2.75) is 45.5 Å². The van der Waals surface area contributed by atoms with Crippen molar-refractivity contribution in [2.75, 3.05) is 12.8 Å². The van der Waals surface area contributed by atoms with Crippen LogP contribution in [-0.4, -0.2) is 41.5 Å². The van der Waals surface area contributed by atoms with Crippen molar-refractivity contribution in [2.24, 2.45) is 0 Å². The van der Waals surface area contributed by atoms with E-state index in [0.29, 0.717) is 6.42 Å².